The number of carbonyl (C=O) groups is 1. The number of amides is 2. The number of urea groups is 1. The van der Waals surface area contributed by atoms with Crippen molar-refractivity contribution in [3.8, 4) is 22.5 Å². The molecule has 32 heavy (non-hydrogen) atoms. The Balaban J connectivity index is 1.36. The molecule has 0 bridgehead atoms. The minimum absolute atomic E-state index is 0.0385. The van der Waals surface area contributed by atoms with Crippen LogP contribution in [0, 0.1) is 0 Å². The minimum Gasteiger partial charge on any atom is -0.324 e. The van der Waals surface area contributed by atoms with Gasteiger partial charge in [0.15, 0.2) is 0 Å². The van der Waals surface area contributed by atoms with Crippen molar-refractivity contribution in [2.45, 2.75) is 18.9 Å². The van der Waals surface area contributed by atoms with E-state index in [4.69, 9.17) is 5.10 Å². The lowest BCUT2D eigenvalue weighted by Gasteiger charge is -2.32. The summed E-state index contributed by atoms with van der Waals surface area (Å²) in [6.07, 6.45) is 1.75. The van der Waals surface area contributed by atoms with Crippen LogP contribution < -0.4 is 5.32 Å². The molecule has 0 spiro atoms. The summed E-state index contributed by atoms with van der Waals surface area (Å²) in [6, 6.07) is 32.7. The van der Waals surface area contributed by atoms with Crippen molar-refractivity contribution in [2.75, 3.05) is 18.4 Å². The third-order valence-corrected chi connectivity index (χ3v) is 6.00. The van der Waals surface area contributed by atoms with Crippen molar-refractivity contribution in [3.63, 3.8) is 0 Å². The molecular formula is C27H26N4O. The van der Waals surface area contributed by atoms with Crippen molar-refractivity contribution in [3.05, 3.63) is 97.1 Å². The van der Waals surface area contributed by atoms with E-state index in [9.17, 15) is 4.79 Å². The summed E-state index contributed by atoms with van der Waals surface area (Å²) in [4.78, 5) is 14.6. The van der Waals surface area contributed by atoms with Gasteiger partial charge in [-0.25, -0.2) is 4.79 Å². The molecule has 160 valence electrons. The maximum absolute atomic E-state index is 12.7. The van der Waals surface area contributed by atoms with Crippen molar-refractivity contribution in [1.29, 1.82) is 0 Å². The number of para-hydroxylation sites is 1. The minimum atomic E-state index is -0.0385. The van der Waals surface area contributed by atoms with Crippen LogP contribution in [0.15, 0.2) is 97.1 Å². The Morgan fingerprint density at radius 3 is 1.97 bits per heavy atom. The molecule has 5 rings (SSSR count). The molecule has 4 aromatic rings. The number of aromatic nitrogens is 2. The molecule has 1 N–H and O–H groups in total. The third kappa shape index (κ3) is 4.28. The van der Waals surface area contributed by atoms with E-state index in [0.717, 1.165) is 41.0 Å². The van der Waals surface area contributed by atoms with E-state index in [1.54, 1.807) is 0 Å². The molecule has 1 fully saturated rings. The van der Waals surface area contributed by atoms with E-state index in [1.165, 1.54) is 0 Å². The summed E-state index contributed by atoms with van der Waals surface area (Å²) in [6.45, 7) is 1.41. The number of piperidine rings is 1. The van der Waals surface area contributed by atoms with Crippen molar-refractivity contribution in [2.24, 2.45) is 0 Å². The normalized spacial score (nSPS) is 14.3. The molecule has 0 aliphatic carbocycles. The fraction of sp³-hybridized carbons (Fsp3) is 0.185. The molecule has 2 amide bonds. The van der Waals surface area contributed by atoms with Gasteiger partial charge in [0.05, 0.1) is 17.4 Å². The Morgan fingerprint density at radius 2 is 1.34 bits per heavy atom. The highest BCUT2D eigenvalue weighted by Gasteiger charge is 2.26. The van der Waals surface area contributed by atoms with E-state index in [1.807, 2.05) is 59.5 Å². The quantitative estimate of drug-likeness (QED) is 0.433. The zero-order valence-electron chi connectivity index (χ0n) is 17.9. The number of hydrogen-bond donors (Lipinski definition) is 1. The Kier molecular flexibility index (Phi) is 5.71. The molecule has 1 aliphatic heterocycles. The number of rotatable bonds is 4. The Labute approximate surface area is 188 Å². The van der Waals surface area contributed by atoms with Crippen LogP contribution in [-0.4, -0.2) is 33.8 Å². The second kappa shape index (κ2) is 9.10. The van der Waals surface area contributed by atoms with Crippen LogP contribution in [0.3, 0.4) is 0 Å². The van der Waals surface area contributed by atoms with E-state index in [2.05, 4.69) is 52.5 Å². The first kappa shape index (κ1) is 20.1. The van der Waals surface area contributed by atoms with Crippen LogP contribution >= 0.6 is 0 Å². The van der Waals surface area contributed by atoms with Crippen LogP contribution in [0.2, 0.25) is 0 Å². The molecular weight excluding hydrogens is 396 g/mol. The molecule has 5 nitrogen and oxygen atoms in total. The van der Waals surface area contributed by atoms with Gasteiger partial charge in [0, 0.05) is 24.3 Å². The standard InChI is InChI=1S/C27H26N4O/c32-27(28-23-14-8-3-9-15-23)30-18-16-24(17-19-30)31-26(22-12-6-2-7-13-22)20-25(29-31)21-10-4-1-5-11-21/h1-15,20,24H,16-19H2,(H,28,32). The van der Waals surface area contributed by atoms with E-state index >= 15 is 0 Å². The average Bonchev–Trinajstić information content (AvgIpc) is 3.31. The maximum Gasteiger partial charge on any atom is 0.321 e. The van der Waals surface area contributed by atoms with Crippen LogP contribution in [0.4, 0.5) is 10.5 Å². The third-order valence-electron chi connectivity index (χ3n) is 6.00. The van der Waals surface area contributed by atoms with Crippen molar-refractivity contribution in [1.82, 2.24) is 14.7 Å². The fourth-order valence-corrected chi connectivity index (χ4v) is 4.28. The van der Waals surface area contributed by atoms with E-state index in [-0.39, 0.29) is 12.1 Å². The average molecular weight is 423 g/mol. The summed E-state index contributed by atoms with van der Waals surface area (Å²) < 4.78 is 2.17. The zero-order chi connectivity index (χ0) is 21.8. The molecule has 3 aromatic carbocycles. The number of nitrogens with one attached hydrogen (secondary N) is 1. The predicted octanol–water partition coefficient (Wildman–Crippen LogP) is 6.09. The summed E-state index contributed by atoms with van der Waals surface area (Å²) in [5.41, 5.74) is 5.20. The lowest BCUT2D eigenvalue weighted by molar-refractivity contribution is 0.181. The van der Waals surface area contributed by atoms with Gasteiger partial charge < -0.3 is 10.2 Å². The van der Waals surface area contributed by atoms with Gasteiger partial charge in [-0.3, -0.25) is 4.68 Å². The number of likely N-dealkylation sites (tertiary alicyclic amines) is 1. The largest absolute Gasteiger partial charge is 0.324 e. The van der Waals surface area contributed by atoms with Gasteiger partial charge in [-0.2, -0.15) is 5.10 Å². The summed E-state index contributed by atoms with van der Waals surface area (Å²) in [5.74, 6) is 0. The summed E-state index contributed by atoms with van der Waals surface area (Å²) in [7, 11) is 0. The van der Waals surface area contributed by atoms with Gasteiger partial charge in [-0.1, -0.05) is 78.9 Å². The maximum atomic E-state index is 12.7. The lowest BCUT2D eigenvalue weighted by Crippen LogP contribution is -2.41. The number of benzene rings is 3. The molecule has 1 aliphatic rings. The SMILES string of the molecule is O=C(Nc1ccccc1)N1CCC(n2nc(-c3ccccc3)cc2-c2ccccc2)CC1. The van der Waals surface area contributed by atoms with Gasteiger partial charge in [0.1, 0.15) is 0 Å². The number of nitrogens with zero attached hydrogens (tertiary/aromatic N) is 3. The van der Waals surface area contributed by atoms with Crippen molar-refractivity contribution >= 4 is 11.7 Å². The van der Waals surface area contributed by atoms with Crippen LogP contribution in [0.5, 0.6) is 0 Å². The van der Waals surface area contributed by atoms with Crippen molar-refractivity contribution < 1.29 is 4.79 Å². The van der Waals surface area contributed by atoms with Gasteiger partial charge >= 0.3 is 6.03 Å². The highest BCUT2D eigenvalue weighted by Crippen LogP contribution is 2.32. The molecule has 0 saturated carbocycles. The highest BCUT2D eigenvalue weighted by atomic mass is 16.2. The first-order chi connectivity index (χ1) is 15.8. The van der Waals surface area contributed by atoms with Crippen LogP contribution in [0.25, 0.3) is 22.5 Å². The Bertz CT molecular complexity index is 1160. The van der Waals surface area contributed by atoms with Crippen LogP contribution in [-0.2, 0) is 0 Å². The fourth-order valence-electron chi connectivity index (χ4n) is 4.28. The van der Waals surface area contributed by atoms with E-state index in [0.29, 0.717) is 13.1 Å². The molecule has 0 atom stereocenters. The lowest BCUT2D eigenvalue weighted by atomic mass is 10.0. The Morgan fingerprint density at radius 1 is 0.781 bits per heavy atom. The second-order valence-electron chi connectivity index (χ2n) is 8.11. The molecule has 1 saturated heterocycles. The van der Waals surface area contributed by atoms with E-state index < -0.39 is 0 Å². The number of carbonyl (C=O) groups excluding carboxylic acids is 1. The summed E-state index contributed by atoms with van der Waals surface area (Å²) >= 11 is 0. The molecule has 0 unspecified atom stereocenters. The van der Waals surface area contributed by atoms with Gasteiger partial charge in [0.25, 0.3) is 0 Å². The monoisotopic (exact) mass is 422 g/mol. The predicted molar refractivity (Wildman–Crippen MR) is 128 cm³/mol. The summed E-state index contributed by atoms with van der Waals surface area (Å²) in [5, 5.41) is 8.01. The molecule has 2 heterocycles. The highest BCUT2D eigenvalue weighted by molar-refractivity contribution is 5.89. The zero-order valence-corrected chi connectivity index (χ0v) is 17.9. The molecule has 5 heteroatoms. The molecule has 0 radical (unpaired) electrons. The smallest absolute Gasteiger partial charge is 0.321 e. The first-order valence-electron chi connectivity index (χ1n) is 11.1. The number of anilines is 1. The van der Waals surface area contributed by atoms with Gasteiger partial charge in [0.2, 0.25) is 0 Å². The first-order valence-corrected chi connectivity index (χ1v) is 11.1. The van der Waals surface area contributed by atoms with Crippen LogP contribution in [0.1, 0.15) is 18.9 Å². The Hall–Kier alpha value is -3.86. The van der Waals surface area contributed by atoms with Gasteiger partial charge in [-0.05, 0) is 36.6 Å². The van der Waals surface area contributed by atoms with Gasteiger partial charge in [-0.15, -0.1) is 0 Å². The molecule has 1 aromatic heterocycles. The topological polar surface area (TPSA) is 50.2 Å². The number of hydrogen-bond acceptors (Lipinski definition) is 2. The second-order valence-corrected chi connectivity index (χ2v) is 8.11.